The third kappa shape index (κ3) is 4.49. The van der Waals surface area contributed by atoms with Crippen molar-refractivity contribution in [2.45, 2.75) is 42.0 Å². The molecule has 1 saturated heterocycles. The van der Waals surface area contributed by atoms with Crippen molar-refractivity contribution in [1.29, 1.82) is 0 Å². The highest BCUT2D eigenvalue weighted by molar-refractivity contribution is 7.91. The SMILES string of the molecule is Cc1ccc(S(=O)(=O)O)c(CCS(=O)(=O)c2cccc3c2C(=O)N(C2CCC(=O)NC2=O)C3=O)c1. The standard InChI is InChI=1S/C22H20N2O9S2/c1-12-5-7-16(35(31,32)33)13(11-12)9-10-34(29,30)17-4-2-3-14-19(17)22(28)24(21(14)27)15-6-8-18(25)23-20(15)26/h2-5,7,11,15H,6,8-10H2,1H3,(H,23,25,26)(H,31,32,33). The Balaban J connectivity index is 1.68. The van der Waals surface area contributed by atoms with Gasteiger partial charge in [-0.3, -0.25) is 33.9 Å². The molecule has 0 aliphatic carbocycles. The van der Waals surface area contributed by atoms with Gasteiger partial charge in [-0.25, -0.2) is 8.42 Å². The monoisotopic (exact) mass is 520 g/mol. The zero-order valence-corrected chi connectivity index (χ0v) is 20.0. The highest BCUT2D eigenvalue weighted by Gasteiger charge is 2.46. The Morgan fingerprint density at radius 1 is 1.00 bits per heavy atom. The lowest BCUT2D eigenvalue weighted by Gasteiger charge is -2.27. The average Bonchev–Trinajstić information content (AvgIpc) is 3.02. The van der Waals surface area contributed by atoms with E-state index in [1.54, 1.807) is 6.92 Å². The second kappa shape index (κ2) is 8.66. The first-order valence-electron chi connectivity index (χ1n) is 10.5. The fraction of sp³-hybridized carbons (Fsp3) is 0.273. The lowest BCUT2D eigenvalue weighted by Crippen LogP contribution is -2.54. The first kappa shape index (κ1) is 24.7. The molecule has 13 heteroatoms. The number of imide groups is 2. The van der Waals surface area contributed by atoms with E-state index < -0.39 is 65.2 Å². The maximum absolute atomic E-state index is 13.2. The number of amides is 4. The molecular weight excluding hydrogens is 500 g/mol. The minimum absolute atomic E-state index is 0.0794. The predicted octanol–water partition coefficient (Wildman–Crippen LogP) is 0.659. The smallest absolute Gasteiger partial charge is 0.294 e. The molecule has 4 rings (SSSR count). The molecule has 0 saturated carbocycles. The molecule has 2 N–H and O–H groups in total. The van der Waals surface area contributed by atoms with Crippen LogP contribution in [0, 0.1) is 6.92 Å². The number of hydrogen-bond donors (Lipinski definition) is 2. The summed E-state index contributed by atoms with van der Waals surface area (Å²) >= 11 is 0. The zero-order valence-electron chi connectivity index (χ0n) is 18.3. The number of benzene rings is 2. The maximum atomic E-state index is 13.2. The van der Waals surface area contributed by atoms with Gasteiger partial charge in [0.15, 0.2) is 9.84 Å². The number of fused-ring (bicyclic) bond motifs is 1. The first-order valence-corrected chi connectivity index (χ1v) is 13.5. The molecule has 2 aliphatic rings. The highest BCUT2D eigenvalue weighted by atomic mass is 32.2. The van der Waals surface area contributed by atoms with E-state index in [0.717, 1.165) is 6.07 Å². The Bertz CT molecular complexity index is 1510. The summed E-state index contributed by atoms with van der Waals surface area (Å²) in [6.45, 7) is 1.67. The van der Waals surface area contributed by atoms with Crippen molar-refractivity contribution in [2.24, 2.45) is 0 Å². The van der Waals surface area contributed by atoms with Crippen molar-refractivity contribution in [3.8, 4) is 0 Å². The topological polar surface area (TPSA) is 172 Å². The molecule has 0 aromatic heterocycles. The van der Waals surface area contributed by atoms with Crippen LogP contribution < -0.4 is 5.32 Å². The van der Waals surface area contributed by atoms with Gasteiger partial charge in [0, 0.05) is 6.42 Å². The summed E-state index contributed by atoms with van der Waals surface area (Å²) in [5, 5.41) is 2.07. The Kier molecular flexibility index (Phi) is 6.11. The Hall–Kier alpha value is -3.42. The van der Waals surface area contributed by atoms with Gasteiger partial charge >= 0.3 is 0 Å². The van der Waals surface area contributed by atoms with Gasteiger partial charge in [0.25, 0.3) is 21.9 Å². The molecule has 2 aliphatic heterocycles. The quantitative estimate of drug-likeness (QED) is 0.410. The van der Waals surface area contributed by atoms with Crippen LogP contribution in [0.5, 0.6) is 0 Å². The molecule has 2 heterocycles. The average molecular weight is 521 g/mol. The molecular formula is C22H20N2O9S2. The number of rotatable bonds is 6. The van der Waals surface area contributed by atoms with E-state index in [1.165, 1.54) is 30.3 Å². The highest BCUT2D eigenvalue weighted by Crippen LogP contribution is 2.32. The molecule has 0 bridgehead atoms. The molecule has 1 unspecified atom stereocenters. The van der Waals surface area contributed by atoms with Gasteiger partial charge in [0.1, 0.15) is 6.04 Å². The summed E-state index contributed by atoms with van der Waals surface area (Å²) in [5.41, 5.74) is 0.165. The van der Waals surface area contributed by atoms with Crippen LogP contribution in [0.4, 0.5) is 0 Å². The predicted molar refractivity (Wildman–Crippen MR) is 120 cm³/mol. The lowest BCUT2D eigenvalue weighted by atomic mass is 10.0. The van der Waals surface area contributed by atoms with Crippen LogP contribution in [0.3, 0.4) is 0 Å². The van der Waals surface area contributed by atoms with E-state index in [-0.39, 0.29) is 36.0 Å². The third-order valence-corrected chi connectivity index (χ3v) is 8.60. The minimum atomic E-state index is -4.60. The van der Waals surface area contributed by atoms with Crippen LogP contribution in [-0.4, -0.2) is 61.7 Å². The molecule has 11 nitrogen and oxygen atoms in total. The van der Waals surface area contributed by atoms with Gasteiger partial charge in [0.2, 0.25) is 11.8 Å². The normalized spacial score (nSPS) is 18.6. The van der Waals surface area contributed by atoms with E-state index in [0.29, 0.717) is 10.5 Å². The number of sulfone groups is 1. The summed E-state index contributed by atoms with van der Waals surface area (Å²) in [6.07, 6.45) is -0.451. The van der Waals surface area contributed by atoms with Gasteiger partial charge < -0.3 is 0 Å². The Morgan fingerprint density at radius 2 is 1.71 bits per heavy atom. The van der Waals surface area contributed by atoms with Crippen LogP contribution in [0.1, 0.15) is 44.7 Å². The van der Waals surface area contributed by atoms with Crippen molar-refractivity contribution >= 4 is 43.6 Å². The van der Waals surface area contributed by atoms with Gasteiger partial charge in [-0.05, 0) is 43.5 Å². The van der Waals surface area contributed by atoms with Crippen molar-refractivity contribution in [1.82, 2.24) is 10.2 Å². The van der Waals surface area contributed by atoms with Crippen molar-refractivity contribution in [3.05, 3.63) is 58.7 Å². The molecule has 2 aromatic rings. The largest absolute Gasteiger partial charge is 0.295 e. The number of hydrogen-bond acceptors (Lipinski definition) is 8. The van der Waals surface area contributed by atoms with Crippen molar-refractivity contribution in [3.63, 3.8) is 0 Å². The number of aryl methyl sites for hydroxylation is 2. The Morgan fingerprint density at radius 3 is 2.37 bits per heavy atom. The van der Waals surface area contributed by atoms with Crippen LogP contribution >= 0.6 is 0 Å². The molecule has 2 aromatic carbocycles. The summed E-state index contributed by atoms with van der Waals surface area (Å²) in [5.74, 6) is -3.78. The van der Waals surface area contributed by atoms with E-state index in [2.05, 4.69) is 5.32 Å². The lowest BCUT2D eigenvalue weighted by molar-refractivity contribution is -0.136. The molecule has 4 amide bonds. The fourth-order valence-electron chi connectivity index (χ4n) is 4.25. The van der Waals surface area contributed by atoms with Crippen LogP contribution in [0.15, 0.2) is 46.2 Å². The van der Waals surface area contributed by atoms with E-state index in [9.17, 15) is 40.6 Å². The molecule has 0 spiro atoms. The number of piperidine rings is 1. The van der Waals surface area contributed by atoms with Crippen LogP contribution in [0.2, 0.25) is 0 Å². The minimum Gasteiger partial charge on any atom is -0.295 e. The Labute approximate surface area is 200 Å². The summed E-state index contributed by atoms with van der Waals surface area (Å²) in [7, 11) is -8.82. The van der Waals surface area contributed by atoms with E-state index >= 15 is 0 Å². The summed E-state index contributed by atoms with van der Waals surface area (Å²) in [6, 6.07) is 6.55. The van der Waals surface area contributed by atoms with Crippen molar-refractivity contribution < 1.29 is 40.6 Å². The van der Waals surface area contributed by atoms with Gasteiger partial charge in [-0.1, -0.05) is 23.8 Å². The summed E-state index contributed by atoms with van der Waals surface area (Å²) in [4.78, 5) is 49.6. The third-order valence-electron chi connectivity index (χ3n) is 5.90. The molecule has 0 radical (unpaired) electrons. The fourth-order valence-corrected chi connectivity index (χ4v) is 6.49. The molecule has 35 heavy (non-hydrogen) atoms. The van der Waals surface area contributed by atoms with Gasteiger partial charge in [-0.15, -0.1) is 0 Å². The van der Waals surface area contributed by atoms with Crippen LogP contribution in [-0.2, 0) is 36.0 Å². The second-order valence-electron chi connectivity index (χ2n) is 8.28. The molecule has 1 atom stereocenters. The maximum Gasteiger partial charge on any atom is 0.294 e. The van der Waals surface area contributed by atoms with Crippen LogP contribution in [0.25, 0.3) is 0 Å². The first-order chi connectivity index (χ1) is 16.3. The van der Waals surface area contributed by atoms with Gasteiger partial charge in [-0.2, -0.15) is 8.42 Å². The van der Waals surface area contributed by atoms with Crippen molar-refractivity contribution in [2.75, 3.05) is 5.75 Å². The van der Waals surface area contributed by atoms with E-state index in [1.807, 2.05) is 0 Å². The second-order valence-corrected chi connectivity index (χ2v) is 11.7. The zero-order chi connectivity index (χ0) is 25.7. The van der Waals surface area contributed by atoms with E-state index in [4.69, 9.17) is 0 Å². The number of nitrogens with zero attached hydrogens (tertiary/aromatic N) is 1. The molecule has 1 fully saturated rings. The molecule has 184 valence electrons. The summed E-state index contributed by atoms with van der Waals surface area (Å²) < 4.78 is 59.3. The number of nitrogens with one attached hydrogen (secondary N) is 1. The van der Waals surface area contributed by atoms with Gasteiger partial charge in [0.05, 0.1) is 26.7 Å². The number of carbonyl (C=O) groups excluding carboxylic acids is 4. The number of carbonyl (C=O) groups is 4.